The zero-order valence-corrected chi connectivity index (χ0v) is 55.0. The Morgan fingerprint density at radius 1 is 0.400 bits per heavy atom. The zero-order valence-electron chi connectivity index (χ0n) is 55.0. The largest absolute Gasteiger partial charge is 0.454 e. The van der Waals surface area contributed by atoms with Crippen LogP contribution < -0.4 is 31.1 Å². The monoisotopic (exact) mass is 1120 g/mol. The fraction of sp³-hybridized carbons (Fsp3) is 0.400. The number of anilines is 9. The summed E-state index contributed by atoms with van der Waals surface area (Å²) in [6.07, 6.45) is 4.61. The van der Waals surface area contributed by atoms with Gasteiger partial charge in [0.05, 0.1) is 5.69 Å². The molecule has 0 unspecified atom stereocenters. The minimum atomic E-state index is -0.204. The first-order valence-corrected chi connectivity index (χ1v) is 31.9. The number of rotatable bonds is 5. The standard InChI is InChI=1S/C80H92BN3O/c1-73(2,3)49-25-29-52(30-26-49)82(53-31-27-50(28-32-53)74(4,5)6)55-34-37-62-65(46-55)84(64-38-36-58(76(10,11)12)70-56-23-21-22-24-69(56)85-72(64)70)68-44-51(75(7,8)9)43-67-71(68)81(62)63-47-60-61(80(19,20)42-41-79(60,17)18)48-66(63)83(67)54-33-35-57-59(45-54)78(15,16)40-39-77(57,13)14/h21-38,43-48H,39-42H2,1-20H3. The van der Waals surface area contributed by atoms with Crippen LogP contribution in [0.2, 0.25) is 0 Å². The van der Waals surface area contributed by atoms with Gasteiger partial charge in [-0.1, -0.05) is 205 Å². The first-order valence-electron chi connectivity index (χ1n) is 31.9. The Labute approximate surface area is 510 Å². The van der Waals surface area contributed by atoms with E-state index in [-0.39, 0.29) is 50.0 Å². The van der Waals surface area contributed by atoms with Crippen molar-refractivity contribution in [2.45, 2.75) is 207 Å². The van der Waals surface area contributed by atoms with Crippen molar-refractivity contribution in [2.24, 2.45) is 0 Å². The molecule has 13 rings (SSSR count). The number of para-hydroxylation sites is 1. The van der Waals surface area contributed by atoms with E-state index in [0.29, 0.717) is 0 Å². The molecule has 436 valence electrons. The Morgan fingerprint density at radius 2 is 0.894 bits per heavy atom. The van der Waals surface area contributed by atoms with E-state index in [0.717, 1.165) is 64.3 Å². The molecular formula is C80H92BN3O. The van der Waals surface area contributed by atoms with Gasteiger partial charge in [-0.05, 0) is 209 Å². The van der Waals surface area contributed by atoms with Gasteiger partial charge in [-0.2, -0.15) is 0 Å². The van der Waals surface area contributed by atoms with Crippen molar-refractivity contribution in [2.75, 3.05) is 14.7 Å². The maximum atomic E-state index is 7.37. The molecule has 0 spiro atoms. The van der Waals surface area contributed by atoms with Crippen LogP contribution in [0.4, 0.5) is 51.2 Å². The molecule has 4 aliphatic rings. The van der Waals surface area contributed by atoms with Gasteiger partial charge in [-0.3, -0.25) is 0 Å². The minimum absolute atomic E-state index is 0.000904. The molecular weight excluding hydrogens is 1030 g/mol. The van der Waals surface area contributed by atoms with E-state index in [1.54, 1.807) is 0 Å². The Kier molecular flexibility index (Phi) is 12.6. The molecule has 0 amide bonds. The number of hydrogen-bond acceptors (Lipinski definition) is 4. The molecule has 2 aliphatic carbocycles. The third kappa shape index (κ3) is 9.20. The number of fused-ring (bicyclic) bond motifs is 9. The van der Waals surface area contributed by atoms with Gasteiger partial charge in [-0.25, -0.2) is 0 Å². The van der Waals surface area contributed by atoms with Crippen LogP contribution in [-0.2, 0) is 43.3 Å². The number of nitrogens with zero attached hydrogens (tertiary/aromatic N) is 3. The Hall–Kier alpha value is -6.98. The summed E-state index contributed by atoms with van der Waals surface area (Å²) in [4.78, 5) is 7.84. The molecule has 0 N–H and O–H groups in total. The first kappa shape index (κ1) is 57.1. The molecule has 0 saturated heterocycles. The van der Waals surface area contributed by atoms with Crippen LogP contribution in [0.15, 0.2) is 150 Å². The van der Waals surface area contributed by atoms with Gasteiger partial charge in [0.1, 0.15) is 5.58 Å². The number of furan rings is 1. The average molecular weight is 1120 g/mol. The second kappa shape index (κ2) is 18.8. The van der Waals surface area contributed by atoms with Gasteiger partial charge in [0, 0.05) is 56.3 Å². The topological polar surface area (TPSA) is 22.9 Å². The van der Waals surface area contributed by atoms with Gasteiger partial charge >= 0.3 is 0 Å². The summed E-state index contributed by atoms with van der Waals surface area (Å²) in [5, 5.41) is 2.33. The highest BCUT2D eigenvalue weighted by atomic mass is 16.3. The summed E-state index contributed by atoms with van der Waals surface area (Å²) < 4.78 is 7.37. The lowest BCUT2D eigenvalue weighted by Gasteiger charge is -2.48. The van der Waals surface area contributed by atoms with Gasteiger partial charge in [-0.15, -0.1) is 0 Å². The van der Waals surface area contributed by atoms with Crippen LogP contribution in [0, 0.1) is 0 Å². The lowest BCUT2D eigenvalue weighted by molar-refractivity contribution is 0.332. The van der Waals surface area contributed by atoms with Crippen LogP contribution in [0.3, 0.4) is 0 Å². The van der Waals surface area contributed by atoms with Crippen LogP contribution in [0.1, 0.15) is 209 Å². The molecule has 4 nitrogen and oxygen atoms in total. The van der Waals surface area contributed by atoms with Gasteiger partial charge in [0.25, 0.3) is 6.71 Å². The molecule has 85 heavy (non-hydrogen) atoms. The molecule has 0 bridgehead atoms. The normalized spacial score (nSPS) is 17.5. The van der Waals surface area contributed by atoms with Gasteiger partial charge < -0.3 is 19.1 Å². The smallest absolute Gasteiger partial charge is 0.252 e. The van der Waals surface area contributed by atoms with Gasteiger partial charge in [0.15, 0.2) is 5.58 Å². The summed E-state index contributed by atoms with van der Waals surface area (Å²) in [5.41, 5.74) is 27.2. The Balaban J connectivity index is 1.17. The molecule has 3 heterocycles. The number of hydrogen-bond donors (Lipinski definition) is 0. The van der Waals surface area contributed by atoms with E-state index >= 15 is 0 Å². The fourth-order valence-corrected chi connectivity index (χ4v) is 15.2. The van der Waals surface area contributed by atoms with Gasteiger partial charge in [0.2, 0.25) is 0 Å². The molecule has 0 saturated carbocycles. The fourth-order valence-electron chi connectivity index (χ4n) is 15.2. The predicted molar refractivity (Wildman–Crippen MR) is 368 cm³/mol. The summed E-state index contributed by atoms with van der Waals surface area (Å²) >= 11 is 0. The zero-order chi connectivity index (χ0) is 60.7. The van der Waals surface area contributed by atoms with E-state index in [1.807, 2.05) is 0 Å². The Morgan fingerprint density at radius 3 is 1.45 bits per heavy atom. The van der Waals surface area contributed by atoms with Crippen molar-refractivity contribution >= 4 is 96.2 Å². The van der Waals surface area contributed by atoms with E-state index in [9.17, 15) is 0 Å². The van der Waals surface area contributed by atoms with E-state index in [2.05, 4.69) is 299 Å². The molecule has 0 atom stereocenters. The summed E-state index contributed by atoms with van der Waals surface area (Å²) in [6.45, 7) is 47.8. The van der Waals surface area contributed by atoms with E-state index < -0.39 is 0 Å². The molecule has 9 aromatic rings. The lowest BCUT2D eigenvalue weighted by Crippen LogP contribution is -2.62. The second-order valence-corrected chi connectivity index (χ2v) is 32.9. The van der Waals surface area contributed by atoms with Crippen molar-refractivity contribution in [3.05, 3.63) is 190 Å². The van der Waals surface area contributed by atoms with Crippen molar-refractivity contribution in [1.29, 1.82) is 0 Å². The highest BCUT2D eigenvalue weighted by molar-refractivity contribution is 7.00. The van der Waals surface area contributed by atoms with Crippen LogP contribution in [0.5, 0.6) is 0 Å². The first-order chi connectivity index (χ1) is 39.6. The van der Waals surface area contributed by atoms with E-state index in [4.69, 9.17) is 4.42 Å². The quantitative estimate of drug-likeness (QED) is 0.160. The molecule has 0 fully saturated rings. The maximum absolute atomic E-state index is 7.37. The van der Waals surface area contributed by atoms with Crippen LogP contribution in [-0.4, -0.2) is 6.71 Å². The van der Waals surface area contributed by atoms with Crippen molar-refractivity contribution in [1.82, 2.24) is 0 Å². The molecule has 1 aromatic heterocycles. The lowest BCUT2D eigenvalue weighted by atomic mass is 9.33. The molecule has 5 heteroatoms. The van der Waals surface area contributed by atoms with Crippen molar-refractivity contribution in [3.8, 4) is 0 Å². The predicted octanol–water partition coefficient (Wildman–Crippen LogP) is 21.0. The molecule has 2 aliphatic heterocycles. The SMILES string of the molecule is CC(C)(C)c1ccc(N(c2ccc(C(C)(C)C)cc2)c2ccc3c(c2)N(c2ccc(C(C)(C)C)c4c2oc2ccccc24)c2cc(C(C)(C)C)cc4c2B3c2cc3c(cc2N4c2ccc4c(c2)C(C)(C)CCC4(C)C)C(C)(C)CCC3(C)C)cc1. The average Bonchev–Trinajstić information content (AvgIpc) is 1.70. The second-order valence-electron chi connectivity index (χ2n) is 32.9. The highest BCUT2D eigenvalue weighted by Crippen LogP contribution is 2.55. The Bertz CT molecular complexity index is 4120. The summed E-state index contributed by atoms with van der Waals surface area (Å²) in [5.74, 6) is 0. The highest BCUT2D eigenvalue weighted by Gasteiger charge is 2.48. The minimum Gasteiger partial charge on any atom is -0.454 e. The molecule has 0 radical (unpaired) electrons. The van der Waals surface area contributed by atoms with E-state index in [1.165, 1.54) is 95.5 Å². The van der Waals surface area contributed by atoms with Crippen LogP contribution >= 0.6 is 0 Å². The molecule has 8 aromatic carbocycles. The van der Waals surface area contributed by atoms with Crippen molar-refractivity contribution in [3.63, 3.8) is 0 Å². The van der Waals surface area contributed by atoms with Crippen molar-refractivity contribution < 1.29 is 4.42 Å². The summed E-state index contributed by atoms with van der Waals surface area (Å²) in [7, 11) is 0. The third-order valence-corrected chi connectivity index (χ3v) is 20.8. The number of benzene rings is 8. The van der Waals surface area contributed by atoms with Crippen LogP contribution in [0.25, 0.3) is 21.9 Å². The summed E-state index contributed by atoms with van der Waals surface area (Å²) in [6, 6.07) is 57.6. The third-order valence-electron chi connectivity index (χ3n) is 20.8. The maximum Gasteiger partial charge on any atom is 0.252 e.